The normalized spacial score (nSPS) is 35.1. The number of fused-ring (bicyclic) bond motifs is 4. The number of carbonyl (C=O) groups excluding carboxylic acids is 1. The second-order valence-corrected chi connectivity index (χ2v) is 6.77. The maximum Gasteiger partial charge on any atom is 0.410 e. The third-order valence-electron chi connectivity index (χ3n) is 4.11. The molecule has 0 aromatic rings. The molecule has 0 radical (unpaired) electrons. The van der Waals surface area contributed by atoms with Crippen molar-refractivity contribution in [2.24, 2.45) is 0 Å². The Balaban J connectivity index is 2.14. The second kappa shape index (κ2) is 4.93. The van der Waals surface area contributed by atoms with Gasteiger partial charge in [-0.3, -0.25) is 0 Å². The number of halogens is 1. The van der Waals surface area contributed by atoms with E-state index in [9.17, 15) is 9.18 Å². The first-order valence-corrected chi connectivity index (χ1v) is 7.11. The molecule has 1 N–H and O–H groups in total. The van der Waals surface area contributed by atoms with E-state index in [1.54, 1.807) is 11.9 Å². The van der Waals surface area contributed by atoms with Crippen molar-refractivity contribution in [2.45, 2.75) is 69.8 Å². The van der Waals surface area contributed by atoms with E-state index in [0.29, 0.717) is 12.8 Å². The van der Waals surface area contributed by atoms with Gasteiger partial charge >= 0.3 is 6.09 Å². The molecule has 4 nitrogen and oxygen atoms in total. The zero-order valence-electron chi connectivity index (χ0n) is 12.3. The molecule has 0 spiro atoms. The Kier molecular flexibility index (Phi) is 3.78. The summed E-state index contributed by atoms with van der Waals surface area (Å²) < 4.78 is 20.4. The molecule has 0 aromatic heterocycles. The molecule has 19 heavy (non-hydrogen) atoms. The van der Waals surface area contributed by atoms with E-state index in [4.69, 9.17) is 4.74 Å². The van der Waals surface area contributed by atoms with Crippen LogP contribution in [0.1, 0.15) is 46.5 Å². The van der Waals surface area contributed by atoms with E-state index >= 15 is 0 Å². The summed E-state index contributed by atoms with van der Waals surface area (Å²) in [6, 6.07) is -0.0580. The number of nitrogens with one attached hydrogen (secondary N) is 1. The molecule has 3 atom stereocenters. The Morgan fingerprint density at radius 1 is 1.47 bits per heavy atom. The van der Waals surface area contributed by atoms with Crippen LogP contribution in [0.25, 0.3) is 0 Å². The zero-order chi connectivity index (χ0) is 14.3. The average Bonchev–Trinajstić information content (AvgIpc) is 2.53. The Bertz CT molecular complexity index is 356. The van der Waals surface area contributed by atoms with Gasteiger partial charge in [-0.1, -0.05) is 0 Å². The summed E-state index contributed by atoms with van der Waals surface area (Å²) in [5.74, 6) is 0. The van der Waals surface area contributed by atoms with Crippen molar-refractivity contribution in [1.82, 2.24) is 10.2 Å². The molecule has 2 heterocycles. The molecular weight excluding hydrogens is 247 g/mol. The predicted octanol–water partition coefficient (Wildman–Crippen LogP) is 2.48. The van der Waals surface area contributed by atoms with Gasteiger partial charge in [0.05, 0.1) is 6.54 Å². The van der Waals surface area contributed by atoms with E-state index in [2.05, 4.69) is 5.32 Å². The van der Waals surface area contributed by atoms with Crippen LogP contribution in [0.3, 0.4) is 0 Å². The zero-order valence-corrected chi connectivity index (χ0v) is 12.3. The van der Waals surface area contributed by atoms with Crippen LogP contribution in [0.4, 0.5) is 9.18 Å². The molecule has 3 fully saturated rings. The van der Waals surface area contributed by atoms with Gasteiger partial charge in [-0.15, -0.1) is 0 Å². The quantitative estimate of drug-likeness (QED) is 0.797. The van der Waals surface area contributed by atoms with Crippen LogP contribution in [0, 0.1) is 0 Å². The lowest BCUT2D eigenvalue weighted by atomic mass is 9.86. The van der Waals surface area contributed by atoms with E-state index in [-0.39, 0.29) is 24.7 Å². The van der Waals surface area contributed by atoms with Gasteiger partial charge in [0.15, 0.2) is 0 Å². The van der Waals surface area contributed by atoms with Gasteiger partial charge in [-0.05, 0) is 53.5 Å². The van der Waals surface area contributed by atoms with Gasteiger partial charge in [-0.25, -0.2) is 9.18 Å². The predicted molar refractivity (Wildman–Crippen MR) is 71.9 cm³/mol. The minimum atomic E-state index is -1.32. The lowest BCUT2D eigenvalue weighted by Crippen LogP contribution is -2.61. The molecule has 3 rings (SSSR count). The molecule has 110 valence electrons. The number of amides is 1. The molecule has 3 aliphatic rings. The number of piperidine rings is 1. The fraction of sp³-hybridized carbons (Fsp3) is 0.929. The maximum atomic E-state index is 15.0. The van der Waals surface area contributed by atoms with Crippen molar-refractivity contribution in [2.75, 3.05) is 13.6 Å². The van der Waals surface area contributed by atoms with Crippen LogP contribution in [-0.4, -0.2) is 47.9 Å². The van der Waals surface area contributed by atoms with Gasteiger partial charge in [0.25, 0.3) is 0 Å². The van der Waals surface area contributed by atoms with Crippen molar-refractivity contribution in [1.29, 1.82) is 0 Å². The third kappa shape index (κ3) is 3.02. The SMILES string of the molecule is CN[C@H]1CC2CCCC1(F)CN2C(=O)OC(C)(C)C. The van der Waals surface area contributed by atoms with Crippen LogP contribution in [0.5, 0.6) is 0 Å². The molecule has 5 heteroatoms. The van der Waals surface area contributed by atoms with Crippen molar-refractivity contribution in [3.8, 4) is 0 Å². The van der Waals surface area contributed by atoms with Crippen molar-refractivity contribution >= 4 is 6.09 Å². The first-order chi connectivity index (χ1) is 8.75. The number of carbonyl (C=O) groups is 1. The first kappa shape index (κ1) is 14.6. The van der Waals surface area contributed by atoms with E-state index in [0.717, 1.165) is 12.8 Å². The molecule has 1 saturated carbocycles. The van der Waals surface area contributed by atoms with Crippen LogP contribution >= 0.6 is 0 Å². The fourth-order valence-electron chi connectivity index (χ4n) is 3.20. The number of alkyl halides is 1. The number of rotatable bonds is 1. The summed E-state index contributed by atoms with van der Waals surface area (Å²) in [5, 5.41) is 3.07. The monoisotopic (exact) mass is 272 g/mol. The highest BCUT2D eigenvalue weighted by atomic mass is 19.1. The Morgan fingerprint density at radius 3 is 2.74 bits per heavy atom. The number of hydrogen-bond acceptors (Lipinski definition) is 3. The van der Waals surface area contributed by atoms with E-state index < -0.39 is 11.3 Å². The van der Waals surface area contributed by atoms with Gasteiger partial charge in [-0.2, -0.15) is 0 Å². The fourth-order valence-corrected chi connectivity index (χ4v) is 3.20. The number of ether oxygens (including phenoxy) is 1. The van der Waals surface area contributed by atoms with Crippen LogP contribution in [0.2, 0.25) is 0 Å². The molecular formula is C14H25FN2O2. The number of nitrogens with zero attached hydrogens (tertiary/aromatic N) is 1. The van der Waals surface area contributed by atoms with E-state index in [1.165, 1.54) is 0 Å². The molecule has 2 aliphatic heterocycles. The first-order valence-electron chi connectivity index (χ1n) is 7.11. The van der Waals surface area contributed by atoms with Crippen LogP contribution in [0.15, 0.2) is 0 Å². The summed E-state index contributed by atoms with van der Waals surface area (Å²) in [5.41, 5.74) is -1.85. The van der Waals surface area contributed by atoms with Crippen molar-refractivity contribution in [3.63, 3.8) is 0 Å². The molecule has 1 aliphatic carbocycles. The highest BCUT2D eigenvalue weighted by Crippen LogP contribution is 2.39. The van der Waals surface area contributed by atoms with Gasteiger partial charge in [0.1, 0.15) is 11.3 Å². The molecule has 2 unspecified atom stereocenters. The molecule has 2 bridgehead atoms. The largest absolute Gasteiger partial charge is 0.444 e. The van der Waals surface area contributed by atoms with Crippen LogP contribution in [-0.2, 0) is 4.74 Å². The molecule has 2 saturated heterocycles. The van der Waals surface area contributed by atoms with Crippen molar-refractivity contribution in [3.05, 3.63) is 0 Å². The van der Waals surface area contributed by atoms with E-state index in [1.807, 2.05) is 20.8 Å². The standard InChI is InChI=1S/C14H25FN2O2/c1-13(2,3)19-12(18)17-9-14(15)7-5-6-10(17)8-11(14)16-4/h10-11,16H,5-9H2,1-4H3/t10?,11-,14?/m0/s1. The maximum absolute atomic E-state index is 15.0. The lowest BCUT2D eigenvalue weighted by Gasteiger charge is -2.44. The highest BCUT2D eigenvalue weighted by molar-refractivity contribution is 5.69. The Hall–Kier alpha value is -0.840. The second-order valence-electron chi connectivity index (χ2n) is 6.77. The van der Waals surface area contributed by atoms with Crippen LogP contribution < -0.4 is 5.32 Å². The summed E-state index contributed by atoms with van der Waals surface area (Å²) in [4.78, 5) is 13.8. The summed E-state index contributed by atoms with van der Waals surface area (Å²) >= 11 is 0. The lowest BCUT2D eigenvalue weighted by molar-refractivity contribution is -0.0284. The minimum Gasteiger partial charge on any atom is -0.444 e. The summed E-state index contributed by atoms with van der Waals surface area (Å²) in [6.45, 7) is 5.66. The Labute approximate surface area is 114 Å². The average molecular weight is 272 g/mol. The Morgan fingerprint density at radius 2 is 2.16 bits per heavy atom. The summed E-state index contributed by atoms with van der Waals surface area (Å²) in [6.07, 6.45) is 2.51. The summed E-state index contributed by atoms with van der Waals surface area (Å²) in [7, 11) is 1.80. The number of hydrogen-bond donors (Lipinski definition) is 1. The van der Waals surface area contributed by atoms with Gasteiger partial charge in [0.2, 0.25) is 0 Å². The highest BCUT2D eigenvalue weighted by Gasteiger charge is 2.51. The molecule has 1 amide bonds. The van der Waals surface area contributed by atoms with Gasteiger partial charge in [0, 0.05) is 12.1 Å². The van der Waals surface area contributed by atoms with Crippen molar-refractivity contribution < 1.29 is 13.9 Å². The molecule has 0 aromatic carbocycles. The minimum absolute atomic E-state index is 0.0960. The van der Waals surface area contributed by atoms with Gasteiger partial charge < -0.3 is 15.0 Å². The third-order valence-corrected chi connectivity index (χ3v) is 4.11. The topological polar surface area (TPSA) is 41.6 Å². The smallest absolute Gasteiger partial charge is 0.410 e.